The molecule has 13 heavy (non-hydrogen) atoms. The van der Waals surface area contributed by atoms with Crippen LogP contribution in [0.2, 0.25) is 0 Å². The molecule has 0 aromatic heterocycles. The average Bonchev–Trinajstić information content (AvgIpc) is 2.51. The van der Waals surface area contributed by atoms with E-state index in [2.05, 4.69) is 10.0 Å². The number of benzene rings is 1. The molecule has 1 aromatic rings. The highest BCUT2D eigenvalue weighted by atomic mass is 32.2. The minimum absolute atomic E-state index is 0.628. The fourth-order valence-corrected chi connectivity index (χ4v) is 1.86. The molecule has 0 radical (unpaired) electrons. The van der Waals surface area contributed by atoms with Crippen molar-refractivity contribution in [2.24, 2.45) is 0 Å². The molecule has 0 bridgehead atoms. The molecule has 1 aliphatic rings. The van der Waals surface area contributed by atoms with Crippen LogP contribution >= 0.6 is 0 Å². The van der Waals surface area contributed by atoms with E-state index in [1.54, 1.807) is 6.07 Å². The normalized spacial score (nSPS) is 16.1. The summed E-state index contributed by atoms with van der Waals surface area (Å²) >= 11 is -2.25. The van der Waals surface area contributed by atoms with E-state index in [0.717, 1.165) is 24.2 Å². The first-order valence-electron chi connectivity index (χ1n) is 3.99. The van der Waals surface area contributed by atoms with E-state index in [4.69, 9.17) is 0 Å². The molecule has 4 nitrogen and oxygen atoms in total. The minimum atomic E-state index is -2.25. The van der Waals surface area contributed by atoms with Crippen molar-refractivity contribution in [1.29, 1.82) is 0 Å². The van der Waals surface area contributed by atoms with Gasteiger partial charge in [0, 0.05) is 17.8 Å². The van der Waals surface area contributed by atoms with Crippen LogP contribution in [-0.4, -0.2) is 15.3 Å². The Hall–Kier alpha value is -1.07. The van der Waals surface area contributed by atoms with E-state index in [1.807, 2.05) is 12.1 Å². The first kappa shape index (κ1) is 8.52. The van der Waals surface area contributed by atoms with Gasteiger partial charge in [-0.05, 0) is 18.1 Å². The third-order valence-corrected chi connectivity index (χ3v) is 2.43. The Morgan fingerprint density at radius 1 is 1.54 bits per heavy atom. The lowest BCUT2D eigenvalue weighted by Gasteiger charge is -2.12. The Kier molecular flexibility index (Phi) is 2.20. The van der Waals surface area contributed by atoms with Gasteiger partial charge < -0.3 is 14.6 Å². The van der Waals surface area contributed by atoms with Crippen molar-refractivity contribution < 1.29 is 8.76 Å². The first-order valence-corrected chi connectivity index (χ1v) is 5.06. The average molecular weight is 197 g/mol. The first-order chi connectivity index (χ1) is 6.27. The summed E-state index contributed by atoms with van der Waals surface area (Å²) < 4.78 is 23.2. The van der Waals surface area contributed by atoms with Gasteiger partial charge in [-0.2, -0.15) is 0 Å². The summed E-state index contributed by atoms with van der Waals surface area (Å²) in [5.74, 6) is 0. The minimum Gasteiger partial charge on any atom is -0.755 e. The molecule has 70 valence electrons. The summed E-state index contributed by atoms with van der Waals surface area (Å²) in [6.07, 6.45) is 0.955. The second-order valence-corrected chi connectivity index (χ2v) is 3.53. The van der Waals surface area contributed by atoms with Gasteiger partial charge in [-0.1, -0.05) is 12.1 Å². The fraction of sp³-hybridized carbons (Fsp3) is 0.250. The maximum Gasteiger partial charge on any atom is 0.0688 e. The largest absolute Gasteiger partial charge is 0.755 e. The Morgan fingerprint density at radius 3 is 3.15 bits per heavy atom. The molecule has 1 aliphatic heterocycles. The number of fused-ring (bicyclic) bond motifs is 1. The summed E-state index contributed by atoms with van der Waals surface area (Å²) in [6, 6.07) is 5.59. The van der Waals surface area contributed by atoms with Crippen molar-refractivity contribution in [3.8, 4) is 0 Å². The van der Waals surface area contributed by atoms with Gasteiger partial charge in [-0.25, -0.2) is 0 Å². The van der Waals surface area contributed by atoms with Crippen molar-refractivity contribution in [3.63, 3.8) is 0 Å². The van der Waals surface area contributed by atoms with Crippen molar-refractivity contribution in [2.75, 3.05) is 16.6 Å². The predicted octanol–water partition coefficient (Wildman–Crippen LogP) is 0.861. The van der Waals surface area contributed by atoms with Crippen molar-refractivity contribution in [2.45, 2.75) is 6.42 Å². The van der Waals surface area contributed by atoms with E-state index in [1.165, 1.54) is 0 Å². The van der Waals surface area contributed by atoms with Gasteiger partial charge in [0.2, 0.25) is 0 Å². The topological polar surface area (TPSA) is 64.2 Å². The van der Waals surface area contributed by atoms with Crippen LogP contribution in [0, 0.1) is 0 Å². The summed E-state index contributed by atoms with van der Waals surface area (Å²) in [6.45, 7) is 0.875. The van der Waals surface area contributed by atoms with Crippen LogP contribution in [0.3, 0.4) is 0 Å². The molecule has 0 fully saturated rings. The molecule has 1 heterocycles. The Labute approximate surface area is 78.8 Å². The summed E-state index contributed by atoms with van der Waals surface area (Å²) in [5.41, 5.74) is 2.70. The van der Waals surface area contributed by atoms with Crippen LogP contribution in [0.1, 0.15) is 5.56 Å². The van der Waals surface area contributed by atoms with Gasteiger partial charge in [0.05, 0.1) is 11.4 Å². The van der Waals surface area contributed by atoms with Crippen LogP contribution in [0.4, 0.5) is 11.4 Å². The maximum absolute atomic E-state index is 10.4. The van der Waals surface area contributed by atoms with E-state index in [-0.39, 0.29) is 0 Å². The quantitative estimate of drug-likeness (QED) is 0.691. The number of rotatable bonds is 2. The van der Waals surface area contributed by atoms with Crippen molar-refractivity contribution in [1.82, 2.24) is 0 Å². The van der Waals surface area contributed by atoms with Gasteiger partial charge >= 0.3 is 0 Å². The molecule has 0 amide bonds. The Balaban J connectivity index is 2.36. The zero-order chi connectivity index (χ0) is 9.26. The highest BCUT2D eigenvalue weighted by Gasteiger charge is 2.12. The Morgan fingerprint density at radius 2 is 2.38 bits per heavy atom. The van der Waals surface area contributed by atoms with Gasteiger partial charge in [-0.3, -0.25) is 4.21 Å². The maximum atomic E-state index is 10.4. The molecule has 1 aromatic carbocycles. The van der Waals surface area contributed by atoms with E-state index >= 15 is 0 Å². The second kappa shape index (κ2) is 3.35. The zero-order valence-electron chi connectivity index (χ0n) is 6.87. The molecule has 2 rings (SSSR count). The third kappa shape index (κ3) is 1.66. The molecule has 0 aliphatic carbocycles. The van der Waals surface area contributed by atoms with Crippen molar-refractivity contribution >= 4 is 22.6 Å². The zero-order valence-corrected chi connectivity index (χ0v) is 7.69. The van der Waals surface area contributed by atoms with Gasteiger partial charge in [0.1, 0.15) is 0 Å². The number of hydrogen-bond donors (Lipinski definition) is 2. The molecule has 2 N–H and O–H groups in total. The van der Waals surface area contributed by atoms with Crippen molar-refractivity contribution in [3.05, 3.63) is 23.8 Å². The number of hydrogen-bond acceptors (Lipinski definition) is 3. The summed E-state index contributed by atoms with van der Waals surface area (Å²) in [5, 5.41) is 3.14. The summed E-state index contributed by atoms with van der Waals surface area (Å²) in [7, 11) is 0. The van der Waals surface area contributed by atoms with Gasteiger partial charge in [0.15, 0.2) is 0 Å². The lowest BCUT2D eigenvalue weighted by Crippen LogP contribution is -2.04. The second-order valence-electron chi connectivity index (χ2n) is 2.85. The van der Waals surface area contributed by atoms with Gasteiger partial charge in [0.25, 0.3) is 0 Å². The highest BCUT2D eigenvalue weighted by Crippen LogP contribution is 2.30. The molecule has 1 atom stereocenters. The molecule has 1 unspecified atom stereocenters. The van der Waals surface area contributed by atoms with E-state index < -0.39 is 11.3 Å². The molecule has 0 saturated heterocycles. The molecular weight excluding hydrogens is 188 g/mol. The van der Waals surface area contributed by atoms with Crippen LogP contribution in [0.15, 0.2) is 18.2 Å². The molecule has 0 spiro atoms. The van der Waals surface area contributed by atoms with Crippen LogP contribution in [0.5, 0.6) is 0 Å². The van der Waals surface area contributed by atoms with Crippen LogP contribution < -0.4 is 10.0 Å². The summed E-state index contributed by atoms with van der Waals surface area (Å²) in [4.78, 5) is 0. The van der Waals surface area contributed by atoms with E-state index in [0.29, 0.717) is 5.69 Å². The third-order valence-electron chi connectivity index (χ3n) is 2.04. The van der Waals surface area contributed by atoms with Crippen LogP contribution in [0.25, 0.3) is 0 Å². The monoisotopic (exact) mass is 197 g/mol. The number of anilines is 2. The molecule has 0 saturated carbocycles. The van der Waals surface area contributed by atoms with Crippen LogP contribution in [-0.2, 0) is 17.7 Å². The number of nitrogens with one attached hydrogen (secondary N) is 2. The SMILES string of the molecule is O=S([O-])Nc1cccc2c1NCC2. The highest BCUT2D eigenvalue weighted by molar-refractivity contribution is 7.80. The fourth-order valence-electron chi connectivity index (χ4n) is 1.51. The van der Waals surface area contributed by atoms with Gasteiger partial charge in [-0.15, -0.1) is 0 Å². The standard InChI is InChI=1S/C8H10N2O2S/c11-13(12)10-7-3-1-2-6-4-5-9-8(6)7/h1-3,9-10H,4-5H2,(H,11,12)/p-1. The predicted molar refractivity (Wildman–Crippen MR) is 51.2 cm³/mol. The number of para-hydroxylation sites is 1. The Bertz CT molecular complexity index is 354. The molecular formula is C8H9N2O2S-. The lowest BCUT2D eigenvalue weighted by atomic mass is 10.1. The van der Waals surface area contributed by atoms with E-state index in [9.17, 15) is 8.76 Å². The smallest absolute Gasteiger partial charge is 0.0688 e. The lowest BCUT2D eigenvalue weighted by molar-refractivity contribution is 0.542. The molecule has 5 heteroatoms.